The Kier molecular flexibility index (Phi) is 3.21. The molecule has 2 aromatic rings. The van der Waals surface area contributed by atoms with Crippen LogP contribution in [0.1, 0.15) is 22.7 Å². The van der Waals surface area contributed by atoms with Gasteiger partial charge in [0.25, 0.3) is 0 Å². The van der Waals surface area contributed by atoms with Crippen molar-refractivity contribution in [3.05, 3.63) is 40.1 Å². The number of hydrogen-bond donors (Lipinski definition) is 0. The highest BCUT2D eigenvalue weighted by Gasteiger charge is 2.43. The average molecular weight is 355 g/mol. The van der Waals surface area contributed by atoms with Crippen molar-refractivity contribution in [3.63, 3.8) is 0 Å². The lowest BCUT2D eigenvalue weighted by molar-refractivity contribution is -0.894. The van der Waals surface area contributed by atoms with E-state index in [1.807, 2.05) is 12.1 Å². The smallest absolute Gasteiger partial charge is 0.231 e. The third-order valence-electron chi connectivity index (χ3n) is 5.92. The van der Waals surface area contributed by atoms with Gasteiger partial charge in [-0.2, -0.15) is 0 Å². The van der Waals surface area contributed by atoms with Gasteiger partial charge in [-0.25, -0.2) is 0 Å². The van der Waals surface area contributed by atoms with Crippen molar-refractivity contribution in [2.75, 3.05) is 34.6 Å². The summed E-state index contributed by atoms with van der Waals surface area (Å²) in [5.41, 5.74) is 5.33. The van der Waals surface area contributed by atoms with Crippen LogP contribution >= 0.6 is 0 Å². The SMILES string of the molecule is COc1ccc2c(c1OC)CC1c3c(cc4c(c3-2)OCO4)CC[N@@+]1(C)[O-]. The lowest BCUT2D eigenvalue weighted by Crippen LogP contribution is -2.48. The highest BCUT2D eigenvalue weighted by atomic mass is 16.7. The van der Waals surface area contributed by atoms with E-state index in [1.54, 1.807) is 21.3 Å². The number of hydroxylamine groups is 3. The fourth-order valence-corrected chi connectivity index (χ4v) is 4.65. The summed E-state index contributed by atoms with van der Waals surface area (Å²) >= 11 is 0. The van der Waals surface area contributed by atoms with E-state index in [1.165, 1.54) is 5.56 Å². The Bertz CT molecular complexity index is 921. The normalized spacial score (nSPS) is 24.7. The number of hydrogen-bond acceptors (Lipinski definition) is 5. The van der Waals surface area contributed by atoms with Gasteiger partial charge in [0.2, 0.25) is 6.79 Å². The van der Waals surface area contributed by atoms with Crippen LogP contribution < -0.4 is 18.9 Å². The minimum Gasteiger partial charge on any atom is -0.633 e. The van der Waals surface area contributed by atoms with Crippen LogP contribution in [0.15, 0.2) is 18.2 Å². The standard InChI is InChI=1S/C20H21NO5/c1-21(22)7-6-11-8-16-20(26-10-25-16)18-12-4-5-15(23-2)19(24-3)13(12)9-14(21)17(11)18/h4-5,8,14H,6-7,9-10H2,1-3H3/t14?,21-/m1/s1. The Balaban J connectivity index is 1.87. The number of fused-ring (bicyclic) bond motifs is 4. The molecule has 3 aliphatic rings. The van der Waals surface area contributed by atoms with Gasteiger partial charge in [-0.3, -0.25) is 0 Å². The summed E-state index contributed by atoms with van der Waals surface area (Å²) in [4.78, 5) is 0. The quantitative estimate of drug-likeness (QED) is 0.612. The van der Waals surface area contributed by atoms with Crippen LogP contribution in [-0.4, -0.2) is 39.3 Å². The van der Waals surface area contributed by atoms with E-state index in [-0.39, 0.29) is 17.5 Å². The molecular formula is C20H21NO5. The average Bonchev–Trinajstić information content (AvgIpc) is 3.11. The number of nitrogens with zero attached hydrogens (tertiary/aromatic N) is 1. The van der Waals surface area contributed by atoms with Gasteiger partial charge in [-0.05, 0) is 29.3 Å². The zero-order chi connectivity index (χ0) is 18.1. The Hall–Kier alpha value is -2.44. The molecule has 0 N–H and O–H groups in total. The highest BCUT2D eigenvalue weighted by Crippen LogP contribution is 2.57. The van der Waals surface area contributed by atoms with Crippen molar-refractivity contribution in [1.29, 1.82) is 0 Å². The van der Waals surface area contributed by atoms with Gasteiger partial charge < -0.3 is 28.8 Å². The first-order chi connectivity index (χ1) is 12.5. The van der Waals surface area contributed by atoms with E-state index in [9.17, 15) is 5.21 Å². The maximum Gasteiger partial charge on any atom is 0.231 e. The summed E-state index contributed by atoms with van der Waals surface area (Å²) in [5, 5.41) is 13.3. The van der Waals surface area contributed by atoms with Gasteiger partial charge in [0.1, 0.15) is 6.04 Å². The summed E-state index contributed by atoms with van der Waals surface area (Å²) in [6.07, 6.45) is 1.37. The first kappa shape index (κ1) is 15.8. The second kappa shape index (κ2) is 5.28. The fraction of sp³-hybridized carbons (Fsp3) is 0.400. The van der Waals surface area contributed by atoms with E-state index >= 15 is 0 Å². The summed E-state index contributed by atoms with van der Waals surface area (Å²) in [7, 11) is 5.03. The highest BCUT2D eigenvalue weighted by molar-refractivity contribution is 5.85. The van der Waals surface area contributed by atoms with Crippen molar-refractivity contribution in [1.82, 2.24) is 0 Å². The van der Waals surface area contributed by atoms with Crippen LogP contribution in [0.3, 0.4) is 0 Å². The van der Waals surface area contributed by atoms with E-state index in [0.29, 0.717) is 24.5 Å². The second-order valence-electron chi connectivity index (χ2n) is 7.25. The molecule has 0 radical (unpaired) electrons. The van der Waals surface area contributed by atoms with Gasteiger partial charge in [0, 0.05) is 29.5 Å². The molecule has 0 bridgehead atoms. The van der Waals surface area contributed by atoms with Gasteiger partial charge in [0.15, 0.2) is 23.0 Å². The summed E-state index contributed by atoms with van der Waals surface area (Å²) in [6, 6.07) is 5.82. The summed E-state index contributed by atoms with van der Waals surface area (Å²) < 4.78 is 22.4. The predicted molar refractivity (Wildman–Crippen MR) is 95.7 cm³/mol. The molecule has 6 nitrogen and oxygen atoms in total. The van der Waals surface area contributed by atoms with Crippen LogP contribution in [-0.2, 0) is 12.8 Å². The van der Waals surface area contributed by atoms with Crippen LogP contribution in [0, 0.1) is 5.21 Å². The topological polar surface area (TPSA) is 60.0 Å². The first-order valence-electron chi connectivity index (χ1n) is 8.81. The maximum atomic E-state index is 13.3. The number of ether oxygens (including phenoxy) is 4. The molecule has 0 saturated carbocycles. The number of methoxy groups -OCH3 is 2. The molecule has 2 aliphatic heterocycles. The second-order valence-corrected chi connectivity index (χ2v) is 7.25. The fourth-order valence-electron chi connectivity index (χ4n) is 4.65. The van der Waals surface area contributed by atoms with Gasteiger partial charge in [-0.1, -0.05) is 0 Å². The molecule has 5 rings (SSSR count). The molecule has 1 unspecified atom stereocenters. The number of rotatable bonds is 2. The zero-order valence-corrected chi connectivity index (χ0v) is 15.1. The Labute approximate surface area is 152 Å². The third-order valence-corrected chi connectivity index (χ3v) is 5.92. The molecule has 136 valence electrons. The van der Waals surface area contributed by atoms with Crippen LogP contribution in [0.25, 0.3) is 11.1 Å². The molecule has 0 spiro atoms. The molecular weight excluding hydrogens is 334 g/mol. The van der Waals surface area contributed by atoms with Crippen molar-refractivity contribution < 1.29 is 23.6 Å². The number of quaternary nitrogens is 1. The Morgan fingerprint density at radius 2 is 2.04 bits per heavy atom. The maximum absolute atomic E-state index is 13.3. The predicted octanol–water partition coefficient (Wildman–Crippen LogP) is 3.20. The Morgan fingerprint density at radius 3 is 2.81 bits per heavy atom. The van der Waals surface area contributed by atoms with E-state index in [0.717, 1.165) is 40.2 Å². The molecule has 0 saturated heterocycles. The van der Waals surface area contributed by atoms with Gasteiger partial charge in [-0.15, -0.1) is 0 Å². The third kappa shape index (κ3) is 1.94. The van der Waals surface area contributed by atoms with Crippen LogP contribution in [0.5, 0.6) is 23.0 Å². The molecule has 2 atom stereocenters. The molecule has 0 fully saturated rings. The lowest BCUT2D eigenvalue weighted by Gasteiger charge is -2.51. The van der Waals surface area contributed by atoms with Crippen molar-refractivity contribution in [2.24, 2.45) is 0 Å². The van der Waals surface area contributed by atoms with Crippen LogP contribution in [0.2, 0.25) is 0 Å². The largest absolute Gasteiger partial charge is 0.633 e. The van der Waals surface area contributed by atoms with Crippen molar-refractivity contribution >= 4 is 0 Å². The van der Waals surface area contributed by atoms with Gasteiger partial charge in [0.05, 0.1) is 27.8 Å². The molecule has 2 heterocycles. The molecule has 2 aromatic carbocycles. The van der Waals surface area contributed by atoms with Crippen molar-refractivity contribution in [2.45, 2.75) is 18.9 Å². The molecule has 0 amide bonds. The molecule has 0 aromatic heterocycles. The monoisotopic (exact) mass is 355 g/mol. The number of benzene rings is 2. The van der Waals surface area contributed by atoms with Crippen LogP contribution in [0.4, 0.5) is 0 Å². The van der Waals surface area contributed by atoms with Gasteiger partial charge >= 0.3 is 0 Å². The zero-order valence-electron chi connectivity index (χ0n) is 15.1. The summed E-state index contributed by atoms with van der Waals surface area (Å²) in [6.45, 7) is 0.764. The molecule has 1 aliphatic carbocycles. The minimum absolute atomic E-state index is 0.184. The lowest BCUT2D eigenvalue weighted by atomic mass is 9.76. The van der Waals surface area contributed by atoms with E-state index < -0.39 is 0 Å². The van der Waals surface area contributed by atoms with E-state index in [4.69, 9.17) is 18.9 Å². The first-order valence-corrected chi connectivity index (χ1v) is 8.81. The van der Waals surface area contributed by atoms with Crippen molar-refractivity contribution in [3.8, 4) is 34.1 Å². The molecule has 6 heteroatoms. The van der Waals surface area contributed by atoms with E-state index in [2.05, 4.69) is 6.07 Å². The number of likely N-dealkylation sites (N-methyl/N-ethyl adjacent to an activating group) is 1. The minimum atomic E-state index is -0.292. The molecule has 26 heavy (non-hydrogen) atoms. The Morgan fingerprint density at radius 1 is 1.19 bits per heavy atom. The summed E-state index contributed by atoms with van der Waals surface area (Å²) in [5.74, 6) is 2.88.